The molecule has 0 saturated carbocycles. The zero-order valence-electron chi connectivity index (χ0n) is 14.9. The van der Waals surface area contributed by atoms with Gasteiger partial charge in [-0.05, 0) is 24.8 Å². The lowest BCUT2D eigenvalue weighted by molar-refractivity contribution is -0.141. The first-order chi connectivity index (χ1) is 12.8. The summed E-state index contributed by atoms with van der Waals surface area (Å²) in [5.41, 5.74) is 11.8. The minimum absolute atomic E-state index is 0.156. The van der Waals surface area contributed by atoms with E-state index < -0.39 is 29.9 Å². The lowest BCUT2D eigenvalue weighted by Gasteiger charge is -2.16. The molecule has 148 valence electrons. The van der Waals surface area contributed by atoms with Crippen LogP contribution in [0.1, 0.15) is 18.4 Å². The van der Waals surface area contributed by atoms with E-state index in [0.29, 0.717) is 19.4 Å². The molecule has 2 amide bonds. The van der Waals surface area contributed by atoms with E-state index in [1.54, 1.807) is 0 Å². The average molecular weight is 378 g/mol. The van der Waals surface area contributed by atoms with E-state index in [1.165, 1.54) is 0 Å². The second-order valence-electron chi connectivity index (χ2n) is 5.96. The van der Waals surface area contributed by atoms with Crippen molar-refractivity contribution in [3.8, 4) is 0 Å². The monoisotopic (exact) mass is 378 g/mol. The van der Waals surface area contributed by atoms with E-state index in [1.807, 2.05) is 30.3 Å². The van der Waals surface area contributed by atoms with Gasteiger partial charge in [-0.3, -0.25) is 15.0 Å². The Balaban J connectivity index is 2.36. The predicted molar refractivity (Wildman–Crippen MR) is 99.8 cm³/mol. The number of benzene rings is 1. The fourth-order valence-corrected chi connectivity index (χ4v) is 2.29. The topological polar surface area (TPSA) is 183 Å². The first kappa shape index (κ1) is 21.9. The van der Waals surface area contributed by atoms with Crippen LogP contribution in [0.25, 0.3) is 0 Å². The number of rotatable bonds is 11. The quantitative estimate of drug-likeness (QED) is 0.139. The molecule has 9 N–H and O–H groups in total. The van der Waals surface area contributed by atoms with E-state index in [2.05, 4.69) is 16.0 Å². The Morgan fingerprint density at radius 3 is 2.41 bits per heavy atom. The van der Waals surface area contributed by atoms with Crippen LogP contribution >= 0.6 is 0 Å². The van der Waals surface area contributed by atoms with Gasteiger partial charge in [0.15, 0.2) is 5.96 Å². The van der Waals surface area contributed by atoms with Gasteiger partial charge in [-0.15, -0.1) is 0 Å². The molecule has 0 unspecified atom stereocenters. The molecule has 0 saturated heterocycles. The second kappa shape index (κ2) is 11.5. The van der Waals surface area contributed by atoms with Crippen molar-refractivity contribution in [3.05, 3.63) is 35.9 Å². The third-order valence-corrected chi connectivity index (χ3v) is 3.68. The van der Waals surface area contributed by atoms with Gasteiger partial charge in [-0.2, -0.15) is 0 Å². The molecule has 0 fully saturated rings. The molecule has 1 rings (SSSR count). The van der Waals surface area contributed by atoms with E-state index in [0.717, 1.165) is 5.56 Å². The SMILES string of the molecule is N=C(N)NCCC[C@H](NC(=O)CNC(=O)[C@@H](N)Cc1ccccc1)C(=O)O. The van der Waals surface area contributed by atoms with Gasteiger partial charge in [-0.25, -0.2) is 4.79 Å². The normalized spacial score (nSPS) is 12.5. The number of nitrogens with one attached hydrogen (secondary N) is 4. The minimum atomic E-state index is -1.18. The Kier molecular flexibility index (Phi) is 9.30. The largest absolute Gasteiger partial charge is 0.480 e. The van der Waals surface area contributed by atoms with Crippen molar-refractivity contribution in [2.24, 2.45) is 11.5 Å². The van der Waals surface area contributed by atoms with Crippen LogP contribution in [0.5, 0.6) is 0 Å². The van der Waals surface area contributed by atoms with Gasteiger partial charge >= 0.3 is 5.97 Å². The third-order valence-electron chi connectivity index (χ3n) is 3.68. The first-order valence-corrected chi connectivity index (χ1v) is 8.47. The maximum absolute atomic E-state index is 12.0. The molecule has 27 heavy (non-hydrogen) atoms. The molecule has 0 aromatic heterocycles. The van der Waals surface area contributed by atoms with Crippen LogP contribution in [-0.4, -0.2) is 54.0 Å². The van der Waals surface area contributed by atoms with Crippen LogP contribution in [0.2, 0.25) is 0 Å². The maximum atomic E-state index is 12.0. The highest BCUT2D eigenvalue weighted by Crippen LogP contribution is 2.02. The summed E-state index contributed by atoms with van der Waals surface area (Å²) < 4.78 is 0. The zero-order chi connectivity index (χ0) is 20.2. The van der Waals surface area contributed by atoms with Crippen molar-refractivity contribution in [3.63, 3.8) is 0 Å². The molecule has 0 aliphatic heterocycles. The Labute approximate surface area is 157 Å². The summed E-state index contributed by atoms with van der Waals surface area (Å²) in [6.45, 7) is -0.0448. The van der Waals surface area contributed by atoms with Gasteiger partial charge in [0.25, 0.3) is 0 Å². The summed E-state index contributed by atoms with van der Waals surface area (Å²) >= 11 is 0. The number of carboxylic acids is 1. The molecule has 2 atom stereocenters. The fourth-order valence-electron chi connectivity index (χ4n) is 2.29. The molecular weight excluding hydrogens is 352 g/mol. The number of carbonyl (C=O) groups is 3. The second-order valence-corrected chi connectivity index (χ2v) is 5.96. The van der Waals surface area contributed by atoms with Crippen molar-refractivity contribution < 1.29 is 19.5 Å². The summed E-state index contributed by atoms with van der Waals surface area (Å²) in [4.78, 5) is 35.1. The number of guanidine groups is 1. The molecule has 0 aliphatic rings. The van der Waals surface area contributed by atoms with Crippen LogP contribution in [-0.2, 0) is 20.8 Å². The molecule has 1 aromatic rings. The van der Waals surface area contributed by atoms with Gasteiger partial charge < -0.3 is 32.5 Å². The smallest absolute Gasteiger partial charge is 0.326 e. The molecular formula is C17H26N6O4. The molecule has 1 aromatic carbocycles. The molecule has 0 bridgehead atoms. The number of aliphatic carboxylic acids is 1. The standard InChI is InChI=1S/C17H26N6O4/c18-12(9-11-5-2-1-3-6-11)15(25)22-10-14(24)23-13(16(26)27)7-4-8-21-17(19)20/h1-3,5-6,12-13H,4,7-10,18H2,(H,22,25)(H,23,24)(H,26,27)(H4,19,20,21)/t12-,13-/m0/s1. The van der Waals surface area contributed by atoms with E-state index in [4.69, 9.17) is 22.0 Å². The maximum Gasteiger partial charge on any atom is 0.326 e. The summed E-state index contributed by atoms with van der Waals surface area (Å²) in [5.74, 6) is -2.51. The Bertz CT molecular complexity index is 652. The Morgan fingerprint density at radius 1 is 1.15 bits per heavy atom. The highest BCUT2D eigenvalue weighted by atomic mass is 16.4. The Hall–Kier alpha value is -3.14. The molecule has 0 radical (unpaired) electrons. The summed E-state index contributed by atoms with van der Waals surface area (Å²) in [7, 11) is 0. The van der Waals surface area contributed by atoms with Crippen molar-refractivity contribution in [2.45, 2.75) is 31.3 Å². The van der Waals surface area contributed by atoms with Gasteiger partial charge in [0.05, 0.1) is 12.6 Å². The number of carbonyl (C=O) groups excluding carboxylic acids is 2. The van der Waals surface area contributed by atoms with Gasteiger partial charge in [-0.1, -0.05) is 30.3 Å². The van der Waals surface area contributed by atoms with E-state index in [-0.39, 0.29) is 18.9 Å². The third kappa shape index (κ3) is 9.21. The first-order valence-electron chi connectivity index (χ1n) is 8.47. The molecule has 0 spiro atoms. The number of nitrogens with two attached hydrogens (primary N) is 2. The minimum Gasteiger partial charge on any atom is -0.480 e. The van der Waals surface area contributed by atoms with Gasteiger partial charge in [0, 0.05) is 6.54 Å². The lowest BCUT2D eigenvalue weighted by atomic mass is 10.1. The van der Waals surface area contributed by atoms with Gasteiger partial charge in [0.2, 0.25) is 11.8 Å². The van der Waals surface area contributed by atoms with Gasteiger partial charge in [0.1, 0.15) is 6.04 Å². The fraction of sp³-hybridized carbons (Fsp3) is 0.412. The van der Waals surface area contributed by atoms with E-state index in [9.17, 15) is 14.4 Å². The highest BCUT2D eigenvalue weighted by Gasteiger charge is 2.20. The summed E-state index contributed by atoms with van der Waals surface area (Å²) in [6.07, 6.45) is 0.878. The van der Waals surface area contributed by atoms with Crippen molar-refractivity contribution in [1.82, 2.24) is 16.0 Å². The zero-order valence-corrected chi connectivity index (χ0v) is 14.9. The molecule has 10 heteroatoms. The van der Waals surface area contributed by atoms with E-state index >= 15 is 0 Å². The van der Waals surface area contributed by atoms with Crippen LogP contribution in [0.3, 0.4) is 0 Å². The predicted octanol–water partition coefficient (Wildman–Crippen LogP) is -1.49. The number of hydrogen-bond acceptors (Lipinski definition) is 5. The van der Waals surface area contributed by atoms with Crippen LogP contribution in [0, 0.1) is 5.41 Å². The van der Waals surface area contributed by atoms with Crippen LogP contribution in [0.4, 0.5) is 0 Å². The molecule has 0 aliphatic carbocycles. The highest BCUT2D eigenvalue weighted by molar-refractivity contribution is 5.89. The average Bonchev–Trinajstić information content (AvgIpc) is 2.62. The van der Waals surface area contributed by atoms with Crippen molar-refractivity contribution in [2.75, 3.05) is 13.1 Å². The summed E-state index contributed by atoms with van der Waals surface area (Å²) in [6, 6.07) is 7.32. The van der Waals surface area contributed by atoms with Crippen molar-refractivity contribution >= 4 is 23.7 Å². The van der Waals surface area contributed by atoms with Crippen LogP contribution < -0.4 is 27.4 Å². The molecule has 0 heterocycles. The number of carboxylic acid groups (broad SMARTS) is 1. The Morgan fingerprint density at radius 2 is 1.81 bits per heavy atom. The molecule has 10 nitrogen and oxygen atoms in total. The lowest BCUT2D eigenvalue weighted by Crippen LogP contribution is -2.49. The van der Waals surface area contributed by atoms with Crippen molar-refractivity contribution in [1.29, 1.82) is 5.41 Å². The van der Waals surface area contributed by atoms with Crippen LogP contribution in [0.15, 0.2) is 30.3 Å². The number of amides is 2. The summed E-state index contributed by atoms with van der Waals surface area (Å²) in [5, 5.41) is 23.5. The number of hydrogen-bond donors (Lipinski definition) is 7.